The number of rotatable bonds is 5. The molecule has 4 rings (SSSR count). The van der Waals surface area contributed by atoms with Gasteiger partial charge in [0.15, 0.2) is 11.6 Å². The summed E-state index contributed by atoms with van der Waals surface area (Å²) in [4.78, 5) is 28.4. The molecule has 1 aliphatic heterocycles. The van der Waals surface area contributed by atoms with E-state index in [1.54, 1.807) is 4.90 Å². The molecule has 0 radical (unpaired) electrons. The highest BCUT2D eigenvalue weighted by Gasteiger charge is 2.34. The Morgan fingerprint density at radius 1 is 1.29 bits per heavy atom. The average molecular weight is 398 g/mol. The second-order valence-corrected chi connectivity index (χ2v) is 7.53. The van der Waals surface area contributed by atoms with Crippen LogP contribution in [-0.4, -0.2) is 35.3 Å². The Labute approximate surface area is 157 Å². The van der Waals surface area contributed by atoms with Crippen LogP contribution in [0.25, 0.3) is 10.9 Å². The highest BCUT2D eigenvalue weighted by Crippen LogP contribution is 2.44. The largest absolute Gasteiger partial charge is 0.430 e. The number of H-pyrrole nitrogens is 1. The second-order valence-electron chi connectivity index (χ2n) is 7.53. The van der Waals surface area contributed by atoms with E-state index in [1.807, 2.05) is 6.92 Å². The summed E-state index contributed by atoms with van der Waals surface area (Å²) in [5.74, 6) is -1.25. The Balaban J connectivity index is 1.99. The van der Waals surface area contributed by atoms with Gasteiger partial charge in [0.05, 0.1) is 5.39 Å². The van der Waals surface area contributed by atoms with E-state index in [9.17, 15) is 18.4 Å². The van der Waals surface area contributed by atoms with Gasteiger partial charge >= 0.3 is 12.3 Å². The minimum Gasteiger partial charge on any atom is -0.430 e. The molecule has 1 aliphatic carbocycles. The van der Waals surface area contributed by atoms with Crippen LogP contribution in [0.4, 0.5) is 18.9 Å². The van der Waals surface area contributed by atoms with Gasteiger partial charge in [-0.3, -0.25) is 14.3 Å². The zero-order chi connectivity index (χ0) is 20.2. The molecule has 1 unspecified atom stereocenters. The molecular weight excluding hydrogens is 377 g/mol. The summed E-state index contributed by atoms with van der Waals surface area (Å²) in [5.41, 5.74) is 4.14. The van der Waals surface area contributed by atoms with Crippen molar-refractivity contribution in [3.05, 3.63) is 32.7 Å². The van der Waals surface area contributed by atoms with E-state index in [2.05, 4.69) is 4.98 Å². The predicted octanol–water partition coefficient (Wildman–Crippen LogP) is 1.94. The molecule has 2 fully saturated rings. The van der Waals surface area contributed by atoms with Gasteiger partial charge in [-0.25, -0.2) is 9.18 Å². The van der Waals surface area contributed by atoms with Gasteiger partial charge in [-0.1, -0.05) is 0 Å². The number of hydrogen-bond donors (Lipinski definition) is 2. The number of nitrogens with zero attached hydrogens (tertiary/aromatic N) is 2. The summed E-state index contributed by atoms with van der Waals surface area (Å²) in [5, 5.41) is -0.189. The Kier molecular flexibility index (Phi) is 4.60. The fourth-order valence-electron chi connectivity index (χ4n) is 3.94. The normalized spacial score (nSPS) is 20.9. The molecule has 1 saturated carbocycles. The van der Waals surface area contributed by atoms with Crippen LogP contribution < -0.4 is 26.6 Å². The summed E-state index contributed by atoms with van der Waals surface area (Å²) >= 11 is 0. The first-order chi connectivity index (χ1) is 13.3. The lowest BCUT2D eigenvalue weighted by molar-refractivity contribution is -0.0488. The monoisotopic (exact) mass is 398 g/mol. The molecule has 0 spiro atoms. The van der Waals surface area contributed by atoms with Crippen molar-refractivity contribution in [3.63, 3.8) is 0 Å². The molecule has 7 nitrogen and oxygen atoms in total. The van der Waals surface area contributed by atoms with Crippen molar-refractivity contribution in [3.8, 4) is 5.75 Å². The molecule has 2 aliphatic rings. The quantitative estimate of drug-likeness (QED) is 0.803. The van der Waals surface area contributed by atoms with Gasteiger partial charge in [-0.2, -0.15) is 8.78 Å². The third-order valence-corrected chi connectivity index (χ3v) is 5.51. The molecule has 0 bridgehead atoms. The van der Waals surface area contributed by atoms with E-state index in [-0.39, 0.29) is 34.6 Å². The molecule has 0 amide bonds. The van der Waals surface area contributed by atoms with E-state index in [0.29, 0.717) is 32.4 Å². The number of alkyl halides is 2. The van der Waals surface area contributed by atoms with E-state index in [1.165, 1.54) is 4.57 Å². The van der Waals surface area contributed by atoms with Gasteiger partial charge in [0.2, 0.25) is 0 Å². The minimum absolute atomic E-state index is 0.0688. The highest BCUT2D eigenvalue weighted by atomic mass is 19.3. The van der Waals surface area contributed by atoms with Crippen LogP contribution in [0.2, 0.25) is 0 Å². The first-order valence-corrected chi connectivity index (χ1v) is 9.24. The van der Waals surface area contributed by atoms with Crippen molar-refractivity contribution in [2.45, 2.75) is 44.9 Å². The maximum absolute atomic E-state index is 15.0. The number of halogens is 3. The van der Waals surface area contributed by atoms with Crippen molar-refractivity contribution in [2.75, 3.05) is 18.0 Å². The number of fused-ring (bicyclic) bond motifs is 1. The number of benzene rings is 1. The van der Waals surface area contributed by atoms with Crippen LogP contribution in [0.3, 0.4) is 0 Å². The van der Waals surface area contributed by atoms with Crippen LogP contribution in [-0.2, 0) is 0 Å². The molecule has 2 atom stereocenters. The van der Waals surface area contributed by atoms with E-state index in [0.717, 1.165) is 6.07 Å². The number of aromatic nitrogens is 2. The van der Waals surface area contributed by atoms with E-state index < -0.39 is 29.4 Å². The lowest BCUT2D eigenvalue weighted by Gasteiger charge is -2.25. The number of nitrogens with one attached hydrogen (secondary N) is 1. The fourth-order valence-corrected chi connectivity index (χ4v) is 3.94. The zero-order valence-corrected chi connectivity index (χ0v) is 15.3. The van der Waals surface area contributed by atoms with Gasteiger partial charge in [0.25, 0.3) is 5.56 Å². The summed E-state index contributed by atoms with van der Waals surface area (Å²) in [7, 11) is 0. The maximum atomic E-state index is 15.0. The maximum Gasteiger partial charge on any atom is 0.387 e. The van der Waals surface area contributed by atoms with Gasteiger partial charge in [0.1, 0.15) is 11.2 Å². The SMILES string of the molecule is C[C@H](N)C1CCN(c2c(F)cc3c(=O)[nH]c(=O)n(C4CC4)c3c2OC(F)F)C1. The molecular formula is C18H21F3N4O3. The van der Waals surface area contributed by atoms with Crippen molar-refractivity contribution in [2.24, 2.45) is 11.7 Å². The minimum atomic E-state index is -3.24. The highest BCUT2D eigenvalue weighted by molar-refractivity contribution is 5.91. The van der Waals surface area contributed by atoms with Gasteiger partial charge < -0.3 is 15.4 Å². The van der Waals surface area contributed by atoms with Gasteiger partial charge in [-0.15, -0.1) is 0 Å². The van der Waals surface area contributed by atoms with Crippen molar-refractivity contribution < 1.29 is 17.9 Å². The Morgan fingerprint density at radius 3 is 2.57 bits per heavy atom. The third kappa shape index (κ3) is 3.15. The first-order valence-electron chi connectivity index (χ1n) is 9.24. The lowest BCUT2D eigenvalue weighted by Crippen LogP contribution is -2.32. The van der Waals surface area contributed by atoms with Crippen molar-refractivity contribution in [1.29, 1.82) is 0 Å². The van der Waals surface area contributed by atoms with E-state index in [4.69, 9.17) is 10.5 Å². The molecule has 2 heterocycles. The standard InChI is InChI=1S/C18H21F3N4O3/c1-8(22)9-4-5-24(7-9)14-12(19)6-11-13(15(14)28-17(20)21)25(10-2-3-10)18(27)23-16(11)26/h6,8-10,17H,2-5,7,22H2,1H3,(H,23,26,27)/t8-,9?/m0/s1. The molecule has 1 aromatic carbocycles. The summed E-state index contributed by atoms with van der Waals surface area (Å²) in [6, 6.07) is 0.611. The summed E-state index contributed by atoms with van der Waals surface area (Å²) < 4.78 is 47.4. The molecule has 3 N–H and O–H groups in total. The van der Waals surface area contributed by atoms with Crippen molar-refractivity contribution in [1.82, 2.24) is 9.55 Å². The number of nitrogens with two attached hydrogens (primary N) is 1. The first kappa shape index (κ1) is 18.9. The average Bonchev–Trinajstić information content (AvgIpc) is 3.31. The number of ether oxygens (including phenoxy) is 1. The number of aromatic amines is 1. The van der Waals surface area contributed by atoms with Crippen LogP contribution in [0.1, 0.15) is 32.2 Å². The third-order valence-electron chi connectivity index (χ3n) is 5.51. The Hall–Kier alpha value is -2.49. The van der Waals surface area contributed by atoms with Crippen molar-refractivity contribution >= 4 is 16.6 Å². The molecule has 1 aromatic heterocycles. The van der Waals surface area contributed by atoms with Crippen LogP contribution in [0.5, 0.6) is 5.75 Å². The van der Waals surface area contributed by atoms with Crippen LogP contribution in [0, 0.1) is 11.7 Å². The molecule has 10 heteroatoms. The Bertz CT molecular complexity index is 1030. The topological polar surface area (TPSA) is 93.4 Å². The lowest BCUT2D eigenvalue weighted by atomic mass is 10.0. The second kappa shape index (κ2) is 6.84. The summed E-state index contributed by atoms with van der Waals surface area (Å²) in [6.07, 6.45) is 2.00. The summed E-state index contributed by atoms with van der Waals surface area (Å²) in [6.45, 7) is -0.620. The smallest absolute Gasteiger partial charge is 0.387 e. The van der Waals surface area contributed by atoms with Crippen LogP contribution >= 0.6 is 0 Å². The van der Waals surface area contributed by atoms with Crippen LogP contribution in [0.15, 0.2) is 15.7 Å². The number of anilines is 1. The fraction of sp³-hybridized carbons (Fsp3) is 0.556. The van der Waals surface area contributed by atoms with Gasteiger partial charge in [0, 0.05) is 25.2 Å². The molecule has 152 valence electrons. The number of hydrogen-bond acceptors (Lipinski definition) is 5. The van der Waals surface area contributed by atoms with Gasteiger partial charge in [-0.05, 0) is 38.2 Å². The molecule has 2 aromatic rings. The predicted molar refractivity (Wildman–Crippen MR) is 97.7 cm³/mol. The zero-order valence-electron chi connectivity index (χ0n) is 15.3. The molecule has 28 heavy (non-hydrogen) atoms. The Morgan fingerprint density at radius 2 is 2.00 bits per heavy atom. The molecule has 1 saturated heterocycles. The van der Waals surface area contributed by atoms with E-state index >= 15 is 4.39 Å².